The van der Waals surface area contributed by atoms with Gasteiger partial charge < -0.3 is 10.6 Å². The fraction of sp³-hybridized carbons (Fsp3) is 0.111. The zero-order valence-corrected chi connectivity index (χ0v) is 8.07. The third-order valence-electron chi connectivity index (χ3n) is 2.46. The van der Waals surface area contributed by atoms with Gasteiger partial charge in [0.15, 0.2) is 0 Å². The SMILES string of the molecule is O=C1NCNc2cc3c(=O)[nH]nnc3cc21. The van der Waals surface area contributed by atoms with E-state index in [1.165, 1.54) is 0 Å². The molecule has 0 fully saturated rings. The molecule has 3 rings (SSSR count). The normalized spacial score (nSPS) is 14.1. The minimum absolute atomic E-state index is 0.183. The van der Waals surface area contributed by atoms with E-state index in [4.69, 9.17) is 0 Å². The van der Waals surface area contributed by atoms with E-state index in [9.17, 15) is 9.59 Å². The number of aromatic amines is 1. The number of benzene rings is 1. The number of hydrogen-bond acceptors (Lipinski definition) is 5. The van der Waals surface area contributed by atoms with Crippen molar-refractivity contribution < 1.29 is 4.79 Å². The van der Waals surface area contributed by atoms with Crippen molar-refractivity contribution in [1.29, 1.82) is 0 Å². The Kier molecular flexibility index (Phi) is 1.67. The molecule has 1 aliphatic heterocycles. The number of rotatable bonds is 0. The van der Waals surface area contributed by atoms with Crippen LogP contribution in [0.15, 0.2) is 16.9 Å². The van der Waals surface area contributed by atoms with Gasteiger partial charge in [0.1, 0.15) is 5.52 Å². The Morgan fingerprint density at radius 1 is 1.19 bits per heavy atom. The maximum Gasteiger partial charge on any atom is 0.275 e. The van der Waals surface area contributed by atoms with Crippen LogP contribution in [0.1, 0.15) is 10.4 Å². The quantitative estimate of drug-likeness (QED) is 0.548. The Morgan fingerprint density at radius 3 is 2.94 bits per heavy atom. The lowest BCUT2D eigenvalue weighted by Gasteiger charge is -2.18. The second kappa shape index (κ2) is 3.02. The summed E-state index contributed by atoms with van der Waals surface area (Å²) in [5.41, 5.74) is 1.19. The lowest BCUT2D eigenvalue weighted by atomic mass is 10.1. The molecule has 2 aromatic rings. The van der Waals surface area contributed by atoms with Crippen LogP contribution >= 0.6 is 0 Å². The first-order chi connectivity index (χ1) is 7.75. The summed E-state index contributed by atoms with van der Waals surface area (Å²) >= 11 is 0. The van der Waals surface area contributed by atoms with Crippen molar-refractivity contribution in [3.05, 3.63) is 28.0 Å². The molecule has 3 N–H and O–H groups in total. The Bertz CT molecular complexity index is 648. The zero-order chi connectivity index (χ0) is 11.1. The second-order valence-electron chi connectivity index (χ2n) is 3.42. The Hall–Kier alpha value is -2.44. The molecule has 0 saturated carbocycles. The van der Waals surface area contributed by atoms with Gasteiger partial charge in [0, 0.05) is 5.69 Å². The monoisotopic (exact) mass is 217 g/mol. The number of aromatic nitrogens is 3. The third kappa shape index (κ3) is 1.14. The van der Waals surface area contributed by atoms with Gasteiger partial charge in [0.05, 0.1) is 17.6 Å². The molecule has 0 spiro atoms. The molecule has 80 valence electrons. The smallest absolute Gasteiger partial charge is 0.275 e. The van der Waals surface area contributed by atoms with Crippen LogP contribution in [-0.4, -0.2) is 28.0 Å². The van der Waals surface area contributed by atoms with Gasteiger partial charge >= 0.3 is 0 Å². The topological polar surface area (TPSA) is 99.8 Å². The summed E-state index contributed by atoms with van der Waals surface area (Å²) < 4.78 is 0. The van der Waals surface area contributed by atoms with Crippen LogP contribution in [0, 0.1) is 0 Å². The molecule has 0 unspecified atom stereocenters. The number of H-pyrrole nitrogens is 1. The molecule has 7 nitrogen and oxygen atoms in total. The van der Waals surface area contributed by atoms with Crippen LogP contribution in [0.2, 0.25) is 0 Å². The molecule has 7 heteroatoms. The van der Waals surface area contributed by atoms with Gasteiger partial charge in [-0.2, -0.15) is 0 Å². The largest absolute Gasteiger partial charge is 0.367 e. The molecule has 0 atom stereocenters. The summed E-state index contributed by atoms with van der Waals surface area (Å²) in [4.78, 5) is 23.0. The highest BCUT2D eigenvalue weighted by Gasteiger charge is 2.17. The zero-order valence-electron chi connectivity index (χ0n) is 8.07. The lowest BCUT2D eigenvalue weighted by molar-refractivity contribution is 0.0953. The number of carbonyl (C=O) groups excluding carboxylic acids is 1. The standard InChI is InChI=1S/C9H7N5O2/c15-8-4-2-7-5(9(16)13-14-12-7)1-6(4)10-3-11-8/h1-2,10H,3H2,(H,11,15)(H,12,13,16). The van der Waals surface area contributed by atoms with E-state index in [1.807, 2.05) is 0 Å². The highest BCUT2D eigenvalue weighted by molar-refractivity contribution is 6.04. The second-order valence-corrected chi connectivity index (χ2v) is 3.42. The van der Waals surface area contributed by atoms with E-state index in [2.05, 4.69) is 26.0 Å². The number of nitrogens with one attached hydrogen (secondary N) is 3. The summed E-state index contributed by atoms with van der Waals surface area (Å²) in [5, 5.41) is 15.5. The van der Waals surface area contributed by atoms with Crippen LogP contribution in [0.3, 0.4) is 0 Å². The van der Waals surface area contributed by atoms with Gasteiger partial charge in [-0.25, -0.2) is 5.10 Å². The minimum atomic E-state index is -0.319. The number of anilines is 1. The van der Waals surface area contributed by atoms with E-state index < -0.39 is 0 Å². The molecule has 0 bridgehead atoms. The van der Waals surface area contributed by atoms with Crippen LogP contribution < -0.4 is 16.2 Å². The van der Waals surface area contributed by atoms with Crippen molar-refractivity contribution in [2.24, 2.45) is 0 Å². The average molecular weight is 217 g/mol. The van der Waals surface area contributed by atoms with E-state index in [1.54, 1.807) is 12.1 Å². The number of carbonyl (C=O) groups is 1. The molecule has 1 aromatic carbocycles. The molecular weight excluding hydrogens is 210 g/mol. The van der Waals surface area contributed by atoms with Crippen molar-refractivity contribution in [2.45, 2.75) is 0 Å². The average Bonchev–Trinajstić information content (AvgIpc) is 2.29. The number of nitrogens with zero attached hydrogens (tertiary/aromatic N) is 2. The molecule has 1 aliphatic rings. The van der Waals surface area contributed by atoms with Gasteiger partial charge in [-0.3, -0.25) is 9.59 Å². The molecule has 0 aliphatic carbocycles. The van der Waals surface area contributed by atoms with Crippen molar-refractivity contribution in [1.82, 2.24) is 20.7 Å². The van der Waals surface area contributed by atoms with Crippen molar-refractivity contribution >= 4 is 22.5 Å². The maximum absolute atomic E-state index is 11.5. The highest BCUT2D eigenvalue weighted by Crippen LogP contribution is 2.22. The van der Waals surface area contributed by atoms with E-state index in [-0.39, 0.29) is 11.5 Å². The molecule has 0 radical (unpaired) electrons. The van der Waals surface area contributed by atoms with E-state index in [0.717, 1.165) is 0 Å². The first-order valence-electron chi connectivity index (χ1n) is 4.67. The van der Waals surface area contributed by atoms with Crippen LogP contribution in [0.5, 0.6) is 0 Å². The summed E-state index contributed by atoms with van der Waals surface area (Å²) in [7, 11) is 0. The number of hydrogen-bond donors (Lipinski definition) is 3. The Balaban J connectivity index is 2.39. The Morgan fingerprint density at radius 2 is 2.06 bits per heavy atom. The maximum atomic E-state index is 11.5. The van der Waals surface area contributed by atoms with E-state index >= 15 is 0 Å². The van der Waals surface area contributed by atoms with Gasteiger partial charge in [-0.1, -0.05) is 5.21 Å². The summed E-state index contributed by atoms with van der Waals surface area (Å²) in [6.45, 7) is 0.355. The van der Waals surface area contributed by atoms with Crippen LogP contribution in [0.25, 0.3) is 10.9 Å². The van der Waals surface area contributed by atoms with E-state index in [0.29, 0.717) is 28.8 Å². The van der Waals surface area contributed by atoms with Crippen LogP contribution in [0.4, 0.5) is 5.69 Å². The number of amides is 1. The first-order valence-corrected chi connectivity index (χ1v) is 4.67. The van der Waals surface area contributed by atoms with Gasteiger partial charge in [-0.05, 0) is 12.1 Å². The fourth-order valence-corrected chi connectivity index (χ4v) is 1.69. The van der Waals surface area contributed by atoms with Crippen molar-refractivity contribution in [3.63, 3.8) is 0 Å². The fourth-order valence-electron chi connectivity index (χ4n) is 1.69. The first kappa shape index (κ1) is 8.84. The van der Waals surface area contributed by atoms with Crippen LogP contribution in [-0.2, 0) is 0 Å². The lowest BCUT2D eigenvalue weighted by Crippen LogP contribution is -2.34. The summed E-state index contributed by atoms with van der Waals surface area (Å²) in [6.07, 6.45) is 0. The van der Waals surface area contributed by atoms with Crippen molar-refractivity contribution in [3.8, 4) is 0 Å². The number of fused-ring (bicyclic) bond motifs is 2. The summed E-state index contributed by atoms with van der Waals surface area (Å²) in [5.74, 6) is -0.183. The summed E-state index contributed by atoms with van der Waals surface area (Å²) in [6, 6.07) is 3.16. The van der Waals surface area contributed by atoms with Gasteiger partial charge in [0.2, 0.25) is 0 Å². The van der Waals surface area contributed by atoms with Gasteiger partial charge in [-0.15, -0.1) is 5.10 Å². The molecule has 1 amide bonds. The highest BCUT2D eigenvalue weighted by atomic mass is 16.2. The van der Waals surface area contributed by atoms with Gasteiger partial charge in [0.25, 0.3) is 11.5 Å². The molecule has 16 heavy (non-hydrogen) atoms. The minimum Gasteiger partial charge on any atom is -0.367 e. The molecular formula is C9H7N5O2. The molecule has 2 heterocycles. The molecule has 1 aromatic heterocycles. The van der Waals surface area contributed by atoms with Crippen molar-refractivity contribution in [2.75, 3.05) is 12.0 Å². The molecule has 0 saturated heterocycles. The Labute approximate surface area is 88.9 Å². The predicted molar refractivity (Wildman–Crippen MR) is 56.1 cm³/mol. The predicted octanol–water partition coefficient (Wildman–Crippen LogP) is -0.569. The third-order valence-corrected chi connectivity index (χ3v) is 2.46.